The quantitative estimate of drug-likeness (QED) is 0.475. The molecule has 1 N–H and O–H groups in total. The number of hydrogen-bond donors (Lipinski definition) is 1. The van der Waals surface area contributed by atoms with Gasteiger partial charge in [-0.1, -0.05) is 12.1 Å². The van der Waals surface area contributed by atoms with Gasteiger partial charge in [0.15, 0.2) is 5.11 Å². The molecular weight excluding hydrogens is 464 g/mol. The third-order valence-electron chi connectivity index (χ3n) is 7.63. The molecule has 3 aliphatic rings. The number of benzene rings is 1. The highest BCUT2D eigenvalue weighted by atomic mass is 32.1. The van der Waals surface area contributed by atoms with Gasteiger partial charge in [0, 0.05) is 50.9 Å². The van der Waals surface area contributed by atoms with Gasteiger partial charge in [-0.2, -0.15) is 0 Å². The average Bonchev–Trinajstić information content (AvgIpc) is 2.86. The van der Waals surface area contributed by atoms with Crippen molar-refractivity contribution in [1.82, 2.24) is 15.1 Å². The first-order valence-electron chi connectivity index (χ1n) is 12.6. The Morgan fingerprint density at radius 1 is 1.14 bits per heavy atom. The molecule has 3 unspecified atom stereocenters. The molecule has 2 saturated heterocycles. The van der Waals surface area contributed by atoms with E-state index >= 15 is 0 Å². The van der Waals surface area contributed by atoms with Gasteiger partial charge < -0.3 is 19.9 Å². The number of thiocarbonyl (C=S) groups is 1. The monoisotopic (exact) mass is 500 g/mol. The second kappa shape index (κ2) is 10.9. The number of fused-ring (bicyclic) bond motifs is 1. The Morgan fingerprint density at radius 3 is 2.60 bits per heavy atom. The number of carbonyl (C=O) groups is 3. The Labute approximate surface area is 212 Å². The molecule has 8 nitrogen and oxygen atoms in total. The molecular formula is C26H36N4O4S. The highest BCUT2D eigenvalue weighted by molar-refractivity contribution is 7.80. The molecule has 9 heteroatoms. The van der Waals surface area contributed by atoms with Crippen molar-refractivity contribution in [1.29, 1.82) is 0 Å². The zero-order chi connectivity index (χ0) is 25.1. The number of aryl methyl sites for hydroxylation is 2. The number of nitrogens with one attached hydrogen (secondary N) is 1. The van der Waals surface area contributed by atoms with E-state index in [4.69, 9.17) is 17.0 Å². The van der Waals surface area contributed by atoms with E-state index in [1.165, 1.54) is 23.9 Å². The lowest BCUT2D eigenvalue weighted by Gasteiger charge is -2.43. The first-order chi connectivity index (χ1) is 16.8. The average molecular weight is 501 g/mol. The van der Waals surface area contributed by atoms with Crippen molar-refractivity contribution in [2.45, 2.75) is 52.0 Å². The molecule has 0 aromatic heterocycles. The normalized spacial score (nSPS) is 24.7. The number of rotatable bonds is 6. The van der Waals surface area contributed by atoms with Crippen LogP contribution in [0.2, 0.25) is 0 Å². The Hall–Kier alpha value is -2.68. The topological polar surface area (TPSA) is 82.2 Å². The van der Waals surface area contributed by atoms with E-state index in [1.807, 2.05) is 4.90 Å². The van der Waals surface area contributed by atoms with E-state index in [9.17, 15) is 14.4 Å². The van der Waals surface area contributed by atoms with Gasteiger partial charge in [0.2, 0.25) is 11.8 Å². The van der Waals surface area contributed by atoms with Gasteiger partial charge in [-0.15, -0.1) is 0 Å². The summed E-state index contributed by atoms with van der Waals surface area (Å²) >= 11 is 5.47. The number of amides is 2. The maximum absolute atomic E-state index is 13.1. The van der Waals surface area contributed by atoms with Gasteiger partial charge in [0.25, 0.3) is 0 Å². The lowest BCUT2D eigenvalue weighted by molar-refractivity contribution is -0.149. The van der Waals surface area contributed by atoms with Crippen molar-refractivity contribution in [2.75, 3.05) is 44.7 Å². The van der Waals surface area contributed by atoms with Crippen molar-refractivity contribution < 1.29 is 19.1 Å². The summed E-state index contributed by atoms with van der Waals surface area (Å²) in [6, 6.07) is 6.36. The van der Waals surface area contributed by atoms with Gasteiger partial charge in [-0.25, -0.2) is 0 Å². The minimum Gasteiger partial charge on any atom is -0.469 e. The van der Waals surface area contributed by atoms with E-state index in [0.29, 0.717) is 56.9 Å². The fourth-order valence-corrected chi connectivity index (χ4v) is 5.89. The second-order valence-electron chi connectivity index (χ2n) is 9.95. The number of esters is 1. The van der Waals surface area contributed by atoms with Crippen LogP contribution < -0.4 is 10.2 Å². The summed E-state index contributed by atoms with van der Waals surface area (Å²) in [5.41, 5.74) is 3.75. The molecule has 35 heavy (non-hydrogen) atoms. The highest BCUT2D eigenvalue weighted by Gasteiger charge is 2.44. The van der Waals surface area contributed by atoms with Gasteiger partial charge in [0.05, 0.1) is 18.9 Å². The third kappa shape index (κ3) is 5.60. The van der Waals surface area contributed by atoms with Gasteiger partial charge in [-0.05, 0) is 68.9 Å². The van der Waals surface area contributed by atoms with E-state index in [2.05, 4.69) is 42.3 Å². The molecule has 4 rings (SSSR count). The van der Waals surface area contributed by atoms with Crippen LogP contribution in [0.1, 0.15) is 43.2 Å². The molecule has 1 aromatic rings. The number of ether oxygens (including phenoxy) is 1. The van der Waals surface area contributed by atoms with Crippen LogP contribution in [0.15, 0.2) is 18.2 Å². The van der Waals surface area contributed by atoms with Crippen LogP contribution in [0.5, 0.6) is 0 Å². The van der Waals surface area contributed by atoms with E-state index in [0.717, 1.165) is 13.1 Å². The second-order valence-corrected chi connectivity index (χ2v) is 10.3. The molecule has 2 aliphatic heterocycles. The van der Waals surface area contributed by atoms with Crippen LogP contribution in [-0.2, 0) is 19.1 Å². The van der Waals surface area contributed by atoms with Crippen LogP contribution in [-0.4, -0.2) is 78.6 Å². The fraction of sp³-hybridized carbons (Fsp3) is 0.615. The Balaban J connectivity index is 1.23. The largest absolute Gasteiger partial charge is 0.469 e. The zero-order valence-corrected chi connectivity index (χ0v) is 21.7. The molecule has 1 saturated carbocycles. The Bertz CT molecular complexity index is 992. The lowest BCUT2D eigenvalue weighted by Crippen LogP contribution is -2.61. The summed E-state index contributed by atoms with van der Waals surface area (Å²) < 4.78 is 4.87. The Morgan fingerprint density at radius 2 is 1.89 bits per heavy atom. The number of anilines is 1. The van der Waals surface area contributed by atoms with Gasteiger partial charge >= 0.3 is 5.97 Å². The van der Waals surface area contributed by atoms with E-state index in [-0.39, 0.29) is 35.7 Å². The molecule has 2 heterocycles. The van der Waals surface area contributed by atoms with Crippen LogP contribution in [0.4, 0.5) is 5.69 Å². The predicted molar refractivity (Wildman–Crippen MR) is 138 cm³/mol. The van der Waals surface area contributed by atoms with Crippen molar-refractivity contribution in [3.63, 3.8) is 0 Å². The first-order valence-corrected chi connectivity index (χ1v) is 13.0. The third-order valence-corrected chi connectivity index (χ3v) is 7.97. The molecule has 3 atom stereocenters. The molecule has 1 aromatic carbocycles. The molecule has 3 fully saturated rings. The summed E-state index contributed by atoms with van der Waals surface area (Å²) in [6.45, 7) is 7.72. The minimum absolute atomic E-state index is 0.0108. The van der Waals surface area contributed by atoms with Crippen molar-refractivity contribution in [2.24, 2.45) is 11.8 Å². The van der Waals surface area contributed by atoms with Crippen molar-refractivity contribution in [3.05, 3.63) is 29.3 Å². The van der Waals surface area contributed by atoms with E-state index in [1.54, 1.807) is 4.90 Å². The maximum Gasteiger partial charge on any atom is 0.308 e. The van der Waals surface area contributed by atoms with E-state index < -0.39 is 0 Å². The number of carbonyl (C=O) groups excluding carboxylic acids is 3. The number of piperazine rings is 1. The van der Waals surface area contributed by atoms with Crippen molar-refractivity contribution in [3.8, 4) is 0 Å². The van der Waals surface area contributed by atoms with Crippen molar-refractivity contribution >= 4 is 40.8 Å². The summed E-state index contributed by atoms with van der Waals surface area (Å²) in [7, 11) is 1.40. The van der Waals surface area contributed by atoms with Crippen LogP contribution in [0.3, 0.4) is 0 Å². The predicted octanol–water partition coefficient (Wildman–Crippen LogP) is 2.41. The molecule has 0 radical (unpaired) electrons. The highest BCUT2D eigenvalue weighted by Crippen LogP contribution is 2.33. The summed E-state index contributed by atoms with van der Waals surface area (Å²) in [4.78, 5) is 43.7. The lowest BCUT2D eigenvalue weighted by atomic mass is 9.76. The summed E-state index contributed by atoms with van der Waals surface area (Å²) in [5, 5.41) is 3.67. The first kappa shape index (κ1) is 25.4. The minimum atomic E-state index is -0.223. The molecule has 0 bridgehead atoms. The standard InChI is InChI=1S/C26H36N4O4S/c1-17-6-7-18(2)22(15-17)28-11-13-29(14-12-28)23(31)5-4-10-30-24(32)20-9-8-19(25(33)34-3)16-21(20)27-26(30)35/h6-7,15,19-21H,4-5,8-14,16H2,1-3H3,(H,27,35). The van der Waals surface area contributed by atoms with Crippen LogP contribution in [0.25, 0.3) is 0 Å². The van der Waals surface area contributed by atoms with Crippen LogP contribution in [0, 0.1) is 25.7 Å². The maximum atomic E-state index is 13.1. The van der Waals surface area contributed by atoms with Crippen LogP contribution >= 0.6 is 12.2 Å². The molecule has 2 amide bonds. The zero-order valence-electron chi connectivity index (χ0n) is 20.9. The van der Waals surface area contributed by atoms with Gasteiger partial charge in [0.1, 0.15) is 0 Å². The molecule has 1 aliphatic carbocycles. The fourth-order valence-electron chi connectivity index (χ4n) is 5.56. The number of methoxy groups -OCH3 is 1. The molecule has 190 valence electrons. The van der Waals surface area contributed by atoms with Gasteiger partial charge in [-0.3, -0.25) is 19.3 Å². The summed E-state index contributed by atoms with van der Waals surface area (Å²) in [6.07, 6.45) is 2.82. The smallest absolute Gasteiger partial charge is 0.308 e. The Kier molecular flexibility index (Phi) is 7.94. The SMILES string of the molecule is COC(=O)C1CCC2C(=O)N(CCCC(=O)N3CCN(c4cc(C)ccc4C)CC3)C(=S)NC2C1. The summed E-state index contributed by atoms with van der Waals surface area (Å²) in [5.74, 6) is -0.457. The number of nitrogens with zero attached hydrogens (tertiary/aromatic N) is 3. The molecule has 0 spiro atoms. The number of hydrogen-bond acceptors (Lipinski definition) is 6.